The minimum Gasteiger partial charge on any atom is -0.350 e. The van der Waals surface area contributed by atoms with Crippen LogP contribution >= 0.6 is 0 Å². The Morgan fingerprint density at radius 2 is 1.59 bits per heavy atom. The number of hydrogen-bond acceptors (Lipinski definition) is 3. The lowest BCUT2D eigenvalue weighted by Gasteiger charge is -2.29. The predicted octanol–water partition coefficient (Wildman–Crippen LogP) is 3.15. The van der Waals surface area contributed by atoms with E-state index in [0.717, 1.165) is 10.5 Å². The number of imide groups is 1. The van der Waals surface area contributed by atoms with Gasteiger partial charge in [-0.2, -0.15) is 0 Å². The quantitative estimate of drug-likeness (QED) is 0.797. The van der Waals surface area contributed by atoms with Crippen molar-refractivity contribution in [1.29, 1.82) is 0 Å². The van der Waals surface area contributed by atoms with Gasteiger partial charge in [0.05, 0.1) is 11.1 Å². The number of nitrogens with one attached hydrogen (secondary N) is 1. The van der Waals surface area contributed by atoms with Gasteiger partial charge in [-0.05, 0) is 35.7 Å². The first-order chi connectivity index (χ1) is 12.9. The standard InChI is InChI=1S/C21H21FN2O3/c1-3-13(2)18(19(25)23-12-14-8-10-15(22)11-9-14)24-20(26)16-6-4-5-7-17(16)21(24)27/h4-11,13,18H,3,12H2,1-2H3,(H,23,25)/t13-,18-/m0/s1. The topological polar surface area (TPSA) is 66.5 Å². The molecule has 0 saturated carbocycles. The normalized spacial score (nSPS) is 15.4. The average molecular weight is 368 g/mol. The summed E-state index contributed by atoms with van der Waals surface area (Å²) in [5, 5.41) is 2.77. The van der Waals surface area contributed by atoms with Gasteiger partial charge >= 0.3 is 0 Å². The van der Waals surface area contributed by atoms with Crippen molar-refractivity contribution in [2.45, 2.75) is 32.9 Å². The van der Waals surface area contributed by atoms with Crippen molar-refractivity contribution in [3.05, 3.63) is 71.0 Å². The molecule has 0 fully saturated rings. The lowest BCUT2D eigenvalue weighted by molar-refractivity contribution is -0.126. The fourth-order valence-electron chi connectivity index (χ4n) is 3.21. The van der Waals surface area contributed by atoms with Crippen LogP contribution in [-0.4, -0.2) is 28.7 Å². The monoisotopic (exact) mass is 368 g/mol. The highest BCUT2D eigenvalue weighted by atomic mass is 19.1. The third kappa shape index (κ3) is 3.60. The highest BCUT2D eigenvalue weighted by molar-refractivity contribution is 6.22. The Morgan fingerprint density at radius 3 is 2.11 bits per heavy atom. The van der Waals surface area contributed by atoms with Crippen molar-refractivity contribution in [3.63, 3.8) is 0 Å². The summed E-state index contributed by atoms with van der Waals surface area (Å²) in [5.74, 6) is -1.85. The fraction of sp³-hybridized carbons (Fsp3) is 0.286. The molecule has 0 aliphatic carbocycles. The zero-order chi connectivity index (χ0) is 19.6. The van der Waals surface area contributed by atoms with Gasteiger partial charge in [-0.3, -0.25) is 19.3 Å². The molecule has 0 radical (unpaired) electrons. The number of benzene rings is 2. The number of nitrogens with zero attached hydrogens (tertiary/aromatic N) is 1. The van der Waals surface area contributed by atoms with Crippen LogP contribution in [0.5, 0.6) is 0 Å². The molecule has 3 rings (SSSR count). The van der Waals surface area contributed by atoms with E-state index in [2.05, 4.69) is 5.32 Å². The van der Waals surface area contributed by atoms with Gasteiger partial charge in [-0.15, -0.1) is 0 Å². The van der Waals surface area contributed by atoms with Gasteiger partial charge in [0.1, 0.15) is 11.9 Å². The smallest absolute Gasteiger partial charge is 0.262 e. The summed E-state index contributed by atoms with van der Waals surface area (Å²) in [6.07, 6.45) is 0.627. The number of carbonyl (C=O) groups excluding carboxylic acids is 3. The molecule has 6 heteroatoms. The van der Waals surface area contributed by atoms with Gasteiger partial charge in [-0.1, -0.05) is 44.5 Å². The fourth-order valence-corrected chi connectivity index (χ4v) is 3.21. The molecule has 0 bridgehead atoms. The minimum atomic E-state index is -0.900. The summed E-state index contributed by atoms with van der Waals surface area (Å²) in [6, 6.07) is 11.5. The van der Waals surface area contributed by atoms with Gasteiger partial charge in [-0.25, -0.2) is 4.39 Å². The molecule has 2 aromatic carbocycles. The molecule has 2 aromatic rings. The Morgan fingerprint density at radius 1 is 1.04 bits per heavy atom. The summed E-state index contributed by atoms with van der Waals surface area (Å²) in [6.45, 7) is 3.93. The second-order valence-electron chi connectivity index (χ2n) is 6.70. The number of fused-ring (bicyclic) bond motifs is 1. The number of carbonyl (C=O) groups is 3. The van der Waals surface area contributed by atoms with Crippen molar-refractivity contribution >= 4 is 17.7 Å². The number of halogens is 1. The number of hydrogen-bond donors (Lipinski definition) is 1. The van der Waals surface area contributed by atoms with Crippen molar-refractivity contribution in [1.82, 2.24) is 10.2 Å². The van der Waals surface area contributed by atoms with Crippen LogP contribution in [-0.2, 0) is 11.3 Å². The van der Waals surface area contributed by atoms with Crippen LogP contribution in [0.3, 0.4) is 0 Å². The molecule has 27 heavy (non-hydrogen) atoms. The highest BCUT2D eigenvalue weighted by Gasteiger charge is 2.44. The van der Waals surface area contributed by atoms with E-state index in [1.807, 2.05) is 13.8 Å². The first-order valence-electron chi connectivity index (χ1n) is 8.93. The molecule has 3 amide bonds. The zero-order valence-electron chi connectivity index (χ0n) is 15.2. The molecule has 0 unspecified atom stereocenters. The van der Waals surface area contributed by atoms with Gasteiger partial charge in [0.15, 0.2) is 0 Å². The van der Waals surface area contributed by atoms with Crippen LogP contribution in [0.2, 0.25) is 0 Å². The molecule has 140 valence electrons. The van der Waals surface area contributed by atoms with E-state index < -0.39 is 23.8 Å². The van der Waals surface area contributed by atoms with E-state index in [4.69, 9.17) is 0 Å². The molecule has 1 aliphatic heterocycles. The van der Waals surface area contributed by atoms with E-state index in [1.165, 1.54) is 12.1 Å². The molecule has 2 atom stereocenters. The maximum atomic E-state index is 13.0. The summed E-state index contributed by atoms with van der Waals surface area (Å²) >= 11 is 0. The molecule has 0 spiro atoms. The number of amides is 3. The molecular formula is C21H21FN2O3. The Balaban J connectivity index is 1.82. The van der Waals surface area contributed by atoms with Gasteiger partial charge in [0.25, 0.3) is 11.8 Å². The van der Waals surface area contributed by atoms with Crippen molar-refractivity contribution in [2.75, 3.05) is 0 Å². The lowest BCUT2D eigenvalue weighted by Crippen LogP contribution is -2.52. The third-order valence-corrected chi connectivity index (χ3v) is 4.94. The first-order valence-corrected chi connectivity index (χ1v) is 8.93. The zero-order valence-corrected chi connectivity index (χ0v) is 15.2. The Kier molecular flexibility index (Phi) is 5.35. The van der Waals surface area contributed by atoms with Crippen molar-refractivity contribution in [2.24, 2.45) is 5.92 Å². The van der Waals surface area contributed by atoms with E-state index in [0.29, 0.717) is 17.5 Å². The van der Waals surface area contributed by atoms with Crippen LogP contribution in [0.25, 0.3) is 0 Å². The number of rotatable bonds is 6. The highest BCUT2D eigenvalue weighted by Crippen LogP contribution is 2.28. The van der Waals surface area contributed by atoms with Crippen molar-refractivity contribution in [3.8, 4) is 0 Å². The molecule has 1 N–H and O–H groups in total. The van der Waals surface area contributed by atoms with Gasteiger partial charge in [0, 0.05) is 6.54 Å². The Labute approximate surface area is 157 Å². The van der Waals surface area contributed by atoms with Gasteiger partial charge < -0.3 is 5.32 Å². The summed E-state index contributed by atoms with van der Waals surface area (Å²) < 4.78 is 13.0. The van der Waals surface area contributed by atoms with Crippen LogP contribution in [0, 0.1) is 11.7 Å². The third-order valence-electron chi connectivity index (χ3n) is 4.94. The average Bonchev–Trinajstić information content (AvgIpc) is 2.93. The van der Waals surface area contributed by atoms with Crippen LogP contribution in [0.4, 0.5) is 4.39 Å². The van der Waals surface area contributed by atoms with E-state index in [-0.39, 0.29) is 18.3 Å². The predicted molar refractivity (Wildman–Crippen MR) is 98.4 cm³/mol. The van der Waals surface area contributed by atoms with E-state index >= 15 is 0 Å². The first kappa shape index (κ1) is 18.8. The largest absolute Gasteiger partial charge is 0.350 e. The molecule has 1 aliphatic rings. The maximum Gasteiger partial charge on any atom is 0.262 e. The SMILES string of the molecule is CC[C@H](C)[C@@H](C(=O)NCc1ccc(F)cc1)N1C(=O)c2ccccc2C1=O. The van der Waals surface area contributed by atoms with Crippen LogP contribution < -0.4 is 5.32 Å². The van der Waals surface area contributed by atoms with Crippen molar-refractivity contribution < 1.29 is 18.8 Å². The summed E-state index contributed by atoms with van der Waals surface area (Å²) in [5.41, 5.74) is 1.37. The molecule has 0 aromatic heterocycles. The Bertz CT molecular complexity index is 844. The molecule has 1 heterocycles. The lowest BCUT2D eigenvalue weighted by atomic mass is 9.96. The second kappa shape index (κ2) is 7.70. The Hall–Kier alpha value is -3.02. The summed E-state index contributed by atoms with van der Waals surface area (Å²) in [4.78, 5) is 39.5. The minimum absolute atomic E-state index is 0.190. The summed E-state index contributed by atoms with van der Waals surface area (Å²) in [7, 11) is 0. The molecule has 5 nitrogen and oxygen atoms in total. The molecular weight excluding hydrogens is 347 g/mol. The van der Waals surface area contributed by atoms with Crippen LogP contribution in [0.1, 0.15) is 46.5 Å². The van der Waals surface area contributed by atoms with E-state index in [9.17, 15) is 18.8 Å². The van der Waals surface area contributed by atoms with Gasteiger partial charge in [0.2, 0.25) is 5.91 Å². The second-order valence-corrected chi connectivity index (χ2v) is 6.70. The molecule has 0 saturated heterocycles. The maximum absolute atomic E-state index is 13.0. The van der Waals surface area contributed by atoms with E-state index in [1.54, 1.807) is 36.4 Å². The van der Waals surface area contributed by atoms with Crippen LogP contribution in [0.15, 0.2) is 48.5 Å².